The highest BCUT2D eigenvalue weighted by Gasteiger charge is 2.10. The molecule has 0 saturated heterocycles. The minimum Gasteiger partial charge on any atom is -0.487 e. The normalized spacial score (nSPS) is 11.5. The molecule has 0 aliphatic heterocycles. The van der Waals surface area contributed by atoms with Gasteiger partial charge in [0.25, 0.3) is 0 Å². The Morgan fingerprint density at radius 3 is 2.75 bits per heavy atom. The van der Waals surface area contributed by atoms with Gasteiger partial charge in [-0.2, -0.15) is 5.10 Å². The van der Waals surface area contributed by atoms with Crippen molar-refractivity contribution < 1.29 is 4.74 Å². The van der Waals surface area contributed by atoms with Crippen molar-refractivity contribution >= 4 is 16.4 Å². The quantitative estimate of drug-likeness (QED) is 0.562. The first-order chi connectivity index (χ1) is 11.7. The summed E-state index contributed by atoms with van der Waals surface area (Å²) in [5, 5.41) is 5.67. The average Bonchev–Trinajstić information content (AvgIpc) is 3.11. The molecule has 1 aromatic carbocycles. The molecule has 0 fully saturated rings. The highest BCUT2D eigenvalue weighted by molar-refractivity contribution is 5.91. The molecule has 4 aromatic rings. The lowest BCUT2D eigenvalue weighted by Crippen LogP contribution is -2.03. The molecule has 0 aliphatic rings. The molecule has 3 heterocycles. The van der Waals surface area contributed by atoms with Gasteiger partial charge in [0, 0.05) is 30.2 Å². The molecular weight excluding hydrogens is 298 g/mol. The zero-order valence-electron chi connectivity index (χ0n) is 14.3. The monoisotopic (exact) mass is 319 g/mol. The summed E-state index contributed by atoms with van der Waals surface area (Å²) in [6.07, 6.45) is 3.08. The molecule has 4 nitrogen and oxygen atoms in total. The van der Waals surface area contributed by atoms with Gasteiger partial charge in [-0.3, -0.25) is 4.68 Å². The number of rotatable bonds is 4. The fraction of sp³-hybridized carbons (Fsp3) is 0.250. The second kappa shape index (κ2) is 5.71. The van der Waals surface area contributed by atoms with Crippen molar-refractivity contribution in [2.24, 2.45) is 7.05 Å². The maximum absolute atomic E-state index is 6.08. The van der Waals surface area contributed by atoms with Crippen molar-refractivity contribution in [3.63, 3.8) is 0 Å². The van der Waals surface area contributed by atoms with Crippen molar-refractivity contribution in [1.82, 2.24) is 14.2 Å². The van der Waals surface area contributed by atoms with E-state index in [2.05, 4.69) is 65.1 Å². The van der Waals surface area contributed by atoms with Crippen LogP contribution >= 0.6 is 0 Å². The number of benzene rings is 1. The van der Waals surface area contributed by atoms with Crippen LogP contribution in [0.5, 0.6) is 5.75 Å². The summed E-state index contributed by atoms with van der Waals surface area (Å²) in [5.74, 6) is 0.905. The van der Waals surface area contributed by atoms with Crippen molar-refractivity contribution in [1.29, 1.82) is 0 Å². The zero-order chi connectivity index (χ0) is 16.7. The molecule has 0 aliphatic carbocycles. The first kappa shape index (κ1) is 14.8. The van der Waals surface area contributed by atoms with Crippen LogP contribution in [-0.2, 0) is 20.1 Å². The van der Waals surface area contributed by atoms with Crippen LogP contribution in [0.15, 0.2) is 48.7 Å². The molecule has 0 N–H and O–H groups in total. The number of fused-ring (bicyclic) bond motifs is 3. The molecule has 122 valence electrons. The van der Waals surface area contributed by atoms with E-state index in [0.29, 0.717) is 6.61 Å². The van der Waals surface area contributed by atoms with Crippen molar-refractivity contribution in [2.45, 2.75) is 26.9 Å². The van der Waals surface area contributed by atoms with Gasteiger partial charge >= 0.3 is 0 Å². The van der Waals surface area contributed by atoms with Gasteiger partial charge in [0.2, 0.25) is 0 Å². The minimum atomic E-state index is 0.523. The van der Waals surface area contributed by atoms with Crippen LogP contribution in [0, 0.1) is 6.92 Å². The predicted molar refractivity (Wildman–Crippen MR) is 96.6 cm³/mol. The standard InChI is InChI=1S/C20H21N3O/c1-4-15-10-18(24-13-17-9-14(2)21-22(17)3)12-20-19(15)11-16-7-5-6-8-23(16)20/h5-12H,4,13H2,1-3H3. The van der Waals surface area contributed by atoms with Gasteiger partial charge in [0.15, 0.2) is 0 Å². The van der Waals surface area contributed by atoms with Gasteiger partial charge < -0.3 is 9.14 Å². The van der Waals surface area contributed by atoms with E-state index >= 15 is 0 Å². The molecule has 4 heteroatoms. The lowest BCUT2D eigenvalue weighted by molar-refractivity contribution is 0.295. The number of hydrogen-bond donors (Lipinski definition) is 0. The molecule has 24 heavy (non-hydrogen) atoms. The topological polar surface area (TPSA) is 31.5 Å². The Balaban J connectivity index is 1.75. The fourth-order valence-corrected chi connectivity index (χ4v) is 3.31. The third-order valence-corrected chi connectivity index (χ3v) is 4.53. The number of aryl methyl sites for hydroxylation is 3. The number of ether oxygens (including phenoxy) is 1. The van der Waals surface area contributed by atoms with Gasteiger partial charge in [-0.1, -0.05) is 13.0 Å². The second-order valence-corrected chi connectivity index (χ2v) is 6.20. The third-order valence-electron chi connectivity index (χ3n) is 4.53. The summed E-state index contributed by atoms with van der Waals surface area (Å²) in [5.41, 5.74) is 5.80. The number of hydrogen-bond acceptors (Lipinski definition) is 2. The van der Waals surface area contributed by atoms with Crippen LogP contribution in [-0.4, -0.2) is 14.2 Å². The Bertz CT molecular complexity index is 1030. The van der Waals surface area contributed by atoms with E-state index < -0.39 is 0 Å². The molecule has 0 unspecified atom stereocenters. The van der Waals surface area contributed by atoms with Crippen LogP contribution in [0.3, 0.4) is 0 Å². The summed E-state index contributed by atoms with van der Waals surface area (Å²) in [6.45, 7) is 4.71. The van der Waals surface area contributed by atoms with Gasteiger partial charge in [-0.15, -0.1) is 0 Å². The van der Waals surface area contributed by atoms with E-state index in [-0.39, 0.29) is 0 Å². The number of aromatic nitrogens is 3. The summed E-state index contributed by atoms with van der Waals surface area (Å²) < 4.78 is 10.2. The first-order valence-electron chi connectivity index (χ1n) is 8.30. The lowest BCUT2D eigenvalue weighted by atomic mass is 10.1. The van der Waals surface area contributed by atoms with E-state index in [0.717, 1.165) is 23.6 Å². The van der Waals surface area contributed by atoms with E-state index in [1.807, 2.05) is 18.7 Å². The average molecular weight is 319 g/mol. The number of nitrogens with zero attached hydrogens (tertiary/aromatic N) is 3. The highest BCUT2D eigenvalue weighted by Crippen LogP contribution is 2.29. The van der Waals surface area contributed by atoms with Crippen molar-refractivity contribution in [3.8, 4) is 5.75 Å². The zero-order valence-corrected chi connectivity index (χ0v) is 14.3. The summed E-state index contributed by atoms with van der Waals surface area (Å²) in [6, 6.07) is 14.9. The smallest absolute Gasteiger partial charge is 0.130 e. The first-order valence-corrected chi connectivity index (χ1v) is 8.30. The van der Waals surface area contributed by atoms with Crippen LogP contribution in [0.2, 0.25) is 0 Å². The van der Waals surface area contributed by atoms with Gasteiger partial charge in [0.05, 0.1) is 16.9 Å². The van der Waals surface area contributed by atoms with E-state index in [1.54, 1.807) is 0 Å². The Hall–Kier alpha value is -2.75. The van der Waals surface area contributed by atoms with Crippen LogP contribution in [0.4, 0.5) is 0 Å². The van der Waals surface area contributed by atoms with Crippen LogP contribution in [0.1, 0.15) is 23.9 Å². The molecule has 4 rings (SSSR count). The van der Waals surface area contributed by atoms with Crippen LogP contribution < -0.4 is 4.74 Å². The Morgan fingerprint density at radius 1 is 1.12 bits per heavy atom. The molecule has 0 atom stereocenters. The SMILES string of the molecule is CCc1cc(OCc2cc(C)nn2C)cc2c1cc1ccccn12. The van der Waals surface area contributed by atoms with E-state index in [1.165, 1.54) is 22.0 Å². The Labute approximate surface area is 141 Å². The lowest BCUT2D eigenvalue weighted by Gasteiger charge is -2.09. The highest BCUT2D eigenvalue weighted by atomic mass is 16.5. The van der Waals surface area contributed by atoms with Gasteiger partial charge in [0.1, 0.15) is 12.4 Å². The van der Waals surface area contributed by atoms with Gasteiger partial charge in [-0.25, -0.2) is 0 Å². The van der Waals surface area contributed by atoms with Crippen molar-refractivity contribution in [3.05, 3.63) is 65.6 Å². The summed E-state index contributed by atoms with van der Waals surface area (Å²) in [4.78, 5) is 0. The molecule has 0 bridgehead atoms. The Kier molecular flexibility index (Phi) is 3.53. The van der Waals surface area contributed by atoms with Crippen molar-refractivity contribution in [2.75, 3.05) is 0 Å². The number of pyridine rings is 1. The molecular formula is C20H21N3O. The fourth-order valence-electron chi connectivity index (χ4n) is 3.31. The molecule has 0 radical (unpaired) electrons. The largest absolute Gasteiger partial charge is 0.487 e. The Morgan fingerprint density at radius 2 is 2.00 bits per heavy atom. The maximum atomic E-state index is 6.08. The predicted octanol–water partition coefficient (Wildman–Crippen LogP) is 4.28. The molecule has 0 saturated carbocycles. The summed E-state index contributed by atoms with van der Waals surface area (Å²) >= 11 is 0. The molecule has 3 aromatic heterocycles. The van der Waals surface area contributed by atoms with Gasteiger partial charge in [-0.05, 0) is 49.2 Å². The minimum absolute atomic E-state index is 0.523. The maximum Gasteiger partial charge on any atom is 0.130 e. The van der Waals surface area contributed by atoms with E-state index in [4.69, 9.17) is 4.74 Å². The van der Waals surface area contributed by atoms with Crippen LogP contribution in [0.25, 0.3) is 16.4 Å². The molecule has 0 spiro atoms. The second-order valence-electron chi connectivity index (χ2n) is 6.20. The third kappa shape index (κ3) is 2.44. The molecule has 0 amide bonds. The van der Waals surface area contributed by atoms with E-state index in [9.17, 15) is 0 Å². The summed E-state index contributed by atoms with van der Waals surface area (Å²) in [7, 11) is 1.95.